The van der Waals surface area contributed by atoms with E-state index in [1.165, 1.54) is 4.31 Å². The van der Waals surface area contributed by atoms with Crippen molar-refractivity contribution in [3.05, 3.63) is 0 Å². The largest absolute Gasteiger partial charge is 0.389 e. The van der Waals surface area contributed by atoms with E-state index in [1.807, 2.05) is 0 Å². The first kappa shape index (κ1) is 18.9. The molecule has 0 aliphatic carbocycles. The van der Waals surface area contributed by atoms with Gasteiger partial charge in [0, 0.05) is 25.6 Å². The lowest BCUT2D eigenvalue weighted by atomic mass is 10.1. The van der Waals surface area contributed by atoms with E-state index in [9.17, 15) is 21.6 Å². The number of sulfonamides is 1. The Morgan fingerprint density at radius 2 is 2.00 bits per heavy atom. The smallest absolute Gasteiger partial charge is 0.316 e. The van der Waals surface area contributed by atoms with Gasteiger partial charge in [-0.2, -0.15) is 13.2 Å². The summed E-state index contributed by atoms with van der Waals surface area (Å²) in [6, 6.07) is 0.0936. The van der Waals surface area contributed by atoms with Crippen molar-refractivity contribution >= 4 is 22.4 Å². The van der Waals surface area contributed by atoms with Crippen LogP contribution >= 0.6 is 12.4 Å². The molecule has 9 heteroatoms. The van der Waals surface area contributed by atoms with Crippen molar-refractivity contribution in [2.45, 2.75) is 37.9 Å². The van der Waals surface area contributed by atoms with E-state index >= 15 is 0 Å². The van der Waals surface area contributed by atoms with Gasteiger partial charge in [-0.05, 0) is 26.3 Å². The molecule has 0 bridgehead atoms. The third kappa shape index (κ3) is 6.78. The summed E-state index contributed by atoms with van der Waals surface area (Å²) < 4.78 is 60.9. The molecule has 1 aliphatic rings. The van der Waals surface area contributed by atoms with Gasteiger partial charge in [0.05, 0.1) is 5.75 Å². The number of alkyl halides is 3. The van der Waals surface area contributed by atoms with Gasteiger partial charge in [0.25, 0.3) is 0 Å². The monoisotopic (exact) mass is 324 g/mol. The van der Waals surface area contributed by atoms with Gasteiger partial charge in [-0.15, -0.1) is 12.4 Å². The summed E-state index contributed by atoms with van der Waals surface area (Å²) >= 11 is 0. The van der Waals surface area contributed by atoms with Gasteiger partial charge in [-0.1, -0.05) is 0 Å². The third-order valence-corrected chi connectivity index (χ3v) is 4.97. The van der Waals surface area contributed by atoms with Crippen molar-refractivity contribution in [1.82, 2.24) is 9.62 Å². The predicted molar refractivity (Wildman–Crippen MR) is 70.0 cm³/mol. The van der Waals surface area contributed by atoms with Crippen LogP contribution in [0.15, 0.2) is 0 Å². The van der Waals surface area contributed by atoms with Gasteiger partial charge >= 0.3 is 6.18 Å². The lowest BCUT2D eigenvalue weighted by molar-refractivity contribution is -0.134. The quantitative estimate of drug-likeness (QED) is 0.838. The summed E-state index contributed by atoms with van der Waals surface area (Å²) in [6.45, 7) is 0.761. The Morgan fingerprint density at radius 3 is 2.53 bits per heavy atom. The molecule has 0 aromatic rings. The summed E-state index contributed by atoms with van der Waals surface area (Å²) in [4.78, 5) is 0. The Kier molecular flexibility index (Phi) is 7.64. The highest BCUT2D eigenvalue weighted by Gasteiger charge is 2.31. The first-order valence-electron chi connectivity index (χ1n) is 5.96. The molecule has 1 N–H and O–H groups in total. The number of nitrogens with one attached hydrogen (secondary N) is 1. The predicted octanol–water partition coefficient (Wildman–Crippen LogP) is 1.76. The van der Waals surface area contributed by atoms with Crippen LogP contribution in [0.2, 0.25) is 0 Å². The van der Waals surface area contributed by atoms with Crippen molar-refractivity contribution in [1.29, 1.82) is 0 Å². The molecular formula is C10H20ClF3N2O2S. The molecule has 116 valence electrons. The van der Waals surface area contributed by atoms with Crippen LogP contribution in [0.25, 0.3) is 0 Å². The number of nitrogens with zero attached hydrogens (tertiary/aromatic N) is 1. The molecule has 0 aromatic carbocycles. The summed E-state index contributed by atoms with van der Waals surface area (Å²) in [5, 5.41) is 3.00. The molecule has 1 atom stereocenters. The van der Waals surface area contributed by atoms with Crippen LogP contribution < -0.4 is 5.32 Å². The van der Waals surface area contributed by atoms with Gasteiger partial charge in [0.15, 0.2) is 0 Å². The van der Waals surface area contributed by atoms with Crippen molar-refractivity contribution in [3.63, 3.8) is 0 Å². The number of piperidine rings is 1. The molecule has 1 unspecified atom stereocenters. The van der Waals surface area contributed by atoms with Crippen LogP contribution in [0.1, 0.15) is 25.7 Å². The molecule has 19 heavy (non-hydrogen) atoms. The molecule has 0 saturated carbocycles. The van der Waals surface area contributed by atoms with E-state index < -0.39 is 28.4 Å². The summed E-state index contributed by atoms with van der Waals surface area (Å²) in [5.74, 6) is -0.428. The minimum absolute atomic E-state index is 0. The molecule has 4 nitrogen and oxygen atoms in total. The van der Waals surface area contributed by atoms with E-state index in [-0.39, 0.29) is 24.9 Å². The molecule has 1 heterocycles. The fraction of sp³-hybridized carbons (Fsp3) is 1.00. The number of hydrogen-bond donors (Lipinski definition) is 1. The molecule has 0 aromatic heterocycles. The topological polar surface area (TPSA) is 49.4 Å². The number of halogens is 4. The van der Waals surface area contributed by atoms with Crippen molar-refractivity contribution in [2.75, 3.05) is 25.9 Å². The lowest BCUT2D eigenvalue weighted by Gasteiger charge is -2.31. The molecule has 1 aliphatic heterocycles. The number of rotatable bonds is 5. The summed E-state index contributed by atoms with van der Waals surface area (Å²) in [5.41, 5.74) is 0. The van der Waals surface area contributed by atoms with Gasteiger partial charge < -0.3 is 5.32 Å². The van der Waals surface area contributed by atoms with Crippen molar-refractivity contribution in [2.24, 2.45) is 0 Å². The summed E-state index contributed by atoms with van der Waals surface area (Å²) in [7, 11) is -1.80. The number of hydrogen-bond acceptors (Lipinski definition) is 3. The average molecular weight is 325 g/mol. The van der Waals surface area contributed by atoms with Gasteiger partial charge in [-0.25, -0.2) is 12.7 Å². The van der Waals surface area contributed by atoms with E-state index in [4.69, 9.17) is 0 Å². The Morgan fingerprint density at radius 1 is 1.37 bits per heavy atom. The maximum atomic E-state index is 12.0. The van der Waals surface area contributed by atoms with Crippen LogP contribution in [0.3, 0.4) is 0 Å². The second-order valence-electron chi connectivity index (χ2n) is 4.52. The standard InChI is InChI=1S/C10H19F3N2O2S.ClH/c1-14-9-4-2-6-15(8-9)18(16,17)7-3-5-10(11,12)13;/h9,14H,2-8H2,1H3;1H. The van der Waals surface area contributed by atoms with Crippen LogP contribution in [0.4, 0.5) is 13.2 Å². The van der Waals surface area contributed by atoms with E-state index in [1.54, 1.807) is 7.05 Å². The van der Waals surface area contributed by atoms with Gasteiger partial charge in [0.1, 0.15) is 0 Å². The minimum Gasteiger partial charge on any atom is -0.316 e. The molecule has 1 rings (SSSR count). The van der Waals surface area contributed by atoms with Crippen molar-refractivity contribution in [3.8, 4) is 0 Å². The lowest BCUT2D eigenvalue weighted by Crippen LogP contribution is -2.47. The highest BCUT2D eigenvalue weighted by molar-refractivity contribution is 7.89. The molecular weight excluding hydrogens is 305 g/mol. The molecule has 1 saturated heterocycles. The Bertz CT molecular complexity index is 362. The van der Waals surface area contributed by atoms with Crippen LogP contribution in [-0.2, 0) is 10.0 Å². The zero-order valence-electron chi connectivity index (χ0n) is 10.7. The minimum atomic E-state index is -4.29. The second-order valence-corrected chi connectivity index (χ2v) is 6.61. The zero-order chi connectivity index (χ0) is 13.8. The van der Waals surface area contributed by atoms with E-state index in [0.29, 0.717) is 13.1 Å². The van der Waals surface area contributed by atoms with Crippen LogP contribution in [0.5, 0.6) is 0 Å². The van der Waals surface area contributed by atoms with E-state index in [0.717, 1.165) is 12.8 Å². The highest BCUT2D eigenvalue weighted by Crippen LogP contribution is 2.22. The normalized spacial score (nSPS) is 22.0. The fourth-order valence-corrected chi connectivity index (χ4v) is 3.60. The SMILES string of the molecule is CNC1CCCN(S(=O)(=O)CCCC(F)(F)F)C1.Cl. The summed E-state index contributed by atoms with van der Waals surface area (Å²) in [6.07, 6.45) is -4.07. The van der Waals surface area contributed by atoms with Gasteiger partial charge in [-0.3, -0.25) is 0 Å². The van der Waals surface area contributed by atoms with Gasteiger partial charge in [0.2, 0.25) is 10.0 Å². The maximum absolute atomic E-state index is 12.0. The Balaban J connectivity index is 0.00000324. The second kappa shape index (κ2) is 7.66. The number of likely N-dealkylation sites (N-methyl/N-ethyl adjacent to an activating group) is 1. The molecule has 0 amide bonds. The first-order valence-corrected chi connectivity index (χ1v) is 7.57. The van der Waals surface area contributed by atoms with E-state index in [2.05, 4.69) is 5.32 Å². The molecule has 0 radical (unpaired) electrons. The van der Waals surface area contributed by atoms with Crippen LogP contribution in [0, 0.1) is 0 Å². The highest BCUT2D eigenvalue weighted by atomic mass is 35.5. The maximum Gasteiger partial charge on any atom is 0.389 e. The van der Waals surface area contributed by atoms with Crippen LogP contribution in [-0.4, -0.2) is 50.8 Å². The first-order chi connectivity index (χ1) is 8.24. The Hall–Kier alpha value is -0.0500. The molecule has 0 spiro atoms. The Labute approximate surface area is 118 Å². The molecule has 1 fully saturated rings. The third-order valence-electron chi connectivity index (χ3n) is 3.05. The average Bonchev–Trinajstić information content (AvgIpc) is 2.27. The fourth-order valence-electron chi connectivity index (χ4n) is 2.01. The van der Waals surface area contributed by atoms with Crippen molar-refractivity contribution < 1.29 is 21.6 Å². The zero-order valence-corrected chi connectivity index (χ0v) is 12.4.